The van der Waals surface area contributed by atoms with Crippen molar-refractivity contribution in [2.45, 2.75) is 65.5 Å². The molecule has 0 radical (unpaired) electrons. The summed E-state index contributed by atoms with van der Waals surface area (Å²) in [5.74, 6) is 0.471. The summed E-state index contributed by atoms with van der Waals surface area (Å²) in [5.41, 5.74) is 6.84. The van der Waals surface area contributed by atoms with Crippen molar-refractivity contribution in [1.29, 1.82) is 0 Å². The number of hydrogen-bond donors (Lipinski definition) is 2. The molecule has 3 N–H and O–H groups in total. The highest BCUT2D eigenvalue weighted by Crippen LogP contribution is 2.10. The van der Waals surface area contributed by atoms with Gasteiger partial charge in [-0.05, 0) is 53.9 Å². The van der Waals surface area contributed by atoms with E-state index in [4.69, 9.17) is 10.5 Å². The molecule has 1 atom stereocenters. The minimum Gasteiger partial charge on any atom is -0.444 e. The predicted octanol–water partition coefficient (Wildman–Crippen LogP) is 2.60. The summed E-state index contributed by atoms with van der Waals surface area (Å²) in [5, 5.41) is 2.83. The molecular weight excluding hydrogens is 268 g/mol. The molecular formula is C15H26N4O2. The van der Waals surface area contributed by atoms with Gasteiger partial charge in [0.15, 0.2) is 0 Å². The van der Waals surface area contributed by atoms with Gasteiger partial charge in [-0.1, -0.05) is 0 Å². The summed E-state index contributed by atoms with van der Waals surface area (Å²) in [4.78, 5) is 20.1. The molecule has 1 aromatic heterocycles. The van der Waals surface area contributed by atoms with Crippen molar-refractivity contribution in [3.63, 3.8) is 0 Å². The maximum absolute atomic E-state index is 11.6. The number of nitrogens with two attached hydrogens (primary N) is 1. The van der Waals surface area contributed by atoms with Crippen LogP contribution in [0.2, 0.25) is 0 Å². The Hall–Kier alpha value is -1.85. The number of hydrogen-bond acceptors (Lipinski definition) is 5. The van der Waals surface area contributed by atoms with E-state index in [0.717, 1.165) is 30.7 Å². The molecule has 0 aliphatic carbocycles. The highest BCUT2D eigenvalue weighted by Gasteiger charge is 2.17. The molecule has 0 unspecified atom stereocenters. The molecule has 0 bridgehead atoms. The van der Waals surface area contributed by atoms with Crippen LogP contribution >= 0.6 is 0 Å². The normalized spacial score (nSPS) is 12.8. The molecule has 21 heavy (non-hydrogen) atoms. The number of nitrogen functional groups attached to an aromatic ring is 1. The molecule has 6 heteroatoms. The lowest BCUT2D eigenvalue weighted by atomic mass is 10.1. The van der Waals surface area contributed by atoms with Crippen molar-refractivity contribution < 1.29 is 9.53 Å². The highest BCUT2D eigenvalue weighted by molar-refractivity contribution is 5.67. The van der Waals surface area contributed by atoms with Crippen LogP contribution in [0.25, 0.3) is 0 Å². The Morgan fingerprint density at radius 1 is 1.48 bits per heavy atom. The maximum atomic E-state index is 11.6. The highest BCUT2D eigenvalue weighted by atomic mass is 16.6. The van der Waals surface area contributed by atoms with E-state index in [1.807, 2.05) is 34.6 Å². The molecule has 0 fully saturated rings. The number of carbonyl (C=O) groups is 1. The van der Waals surface area contributed by atoms with Crippen LogP contribution in [0.3, 0.4) is 0 Å². The van der Waals surface area contributed by atoms with Crippen LogP contribution < -0.4 is 11.1 Å². The first kappa shape index (κ1) is 17.2. The third-order valence-electron chi connectivity index (χ3n) is 2.87. The number of ether oxygens (including phenoxy) is 1. The van der Waals surface area contributed by atoms with Gasteiger partial charge in [0, 0.05) is 6.04 Å². The molecule has 1 rings (SSSR count). The minimum absolute atomic E-state index is 0.0580. The van der Waals surface area contributed by atoms with Crippen LogP contribution in [0, 0.1) is 6.92 Å². The molecule has 0 saturated carbocycles. The number of carbonyl (C=O) groups excluding carboxylic acids is 1. The topological polar surface area (TPSA) is 90.1 Å². The molecule has 1 aromatic rings. The summed E-state index contributed by atoms with van der Waals surface area (Å²) in [6.45, 7) is 9.35. The number of alkyl carbamates (subject to hydrolysis) is 1. The second-order valence-electron chi connectivity index (χ2n) is 6.27. The average molecular weight is 294 g/mol. The van der Waals surface area contributed by atoms with E-state index in [0.29, 0.717) is 5.82 Å². The van der Waals surface area contributed by atoms with Crippen molar-refractivity contribution in [2.75, 3.05) is 5.73 Å². The zero-order chi connectivity index (χ0) is 16.0. The Morgan fingerprint density at radius 3 is 2.71 bits per heavy atom. The number of nitrogens with zero attached hydrogens (tertiary/aromatic N) is 2. The smallest absolute Gasteiger partial charge is 0.407 e. The zero-order valence-corrected chi connectivity index (χ0v) is 13.6. The Balaban J connectivity index is 2.31. The van der Waals surface area contributed by atoms with Crippen LogP contribution in [-0.4, -0.2) is 27.7 Å². The molecule has 0 aliphatic heterocycles. The molecule has 118 valence electrons. The number of aromatic nitrogens is 2. The Labute approximate surface area is 126 Å². The quantitative estimate of drug-likeness (QED) is 0.871. The molecule has 6 nitrogen and oxygen atoms in total. The van der Waals surface area contributed by atoms with E-state index in [1.165, 1.54) is 0 Å². The van der Waals surface area contributed by atoms with Gasteiger partial charge in [0.1, 0.15) is 11.4 Å². The fraction of sp³-hybridized carbons (Fsp3) is 0.667. The van der Waals surface area contributed by atoms with Crippen LogP contribution in [0.15, 0.2) is 6.20 Å². The number of amides is 1. The summed E-state index contributed by atoms with van der Waals surface area (Å²) >= 11 is 0. The number of rotatable bonds is 5. The van der Waals surface area contributed by atoms with Gasteiger partial charge < -0.3 is 15.8 Å². The molecule has 1 heterocycles. The predicted molar refractivity (Wildman–Crippen MR) is 83.0 cm³/mol. The lowest BCUT2D eigenvalue weighted by Gasteiger charge is -2.21. The van der Waals surface area contributed by atoms with Gasteiger partial charge in [0.25, 0.3) is 0 Å². The minimum atomic E-state index is -0.471. The second-order valence-corrected chi connectivity index (χ2v) is 6.27. The van der Waals surface area contributed by atoms with Crippen molar-refractivity contribution in [3.05, 3.63) is 17.6 Å². The Morgan fingerprint density at radius 2 is 2.14 bits per heavy atom. The van der Waals surface area contributed by atoms with Crippen LogP contribution in [0.1, 0.15) is 51.9 Å². The fourth-order valence-electron chi connectivity index (χ4n) is 1.83. The van der Waals surface area contributed by atoms with Gasteiger partial charge in [-0.3, -0.25) is 4.98 Å². The third kappa shape index (κ3) is 6.92. The third-order valence-corrected chi connectivity index (χ3v) is 2.87. The Bertz CT molecular complexity index is 483. The van der Waals surface area contributed by atoms with Crippen molar-refractivity contribution in [1.82, 2.24) is 15.3 Å². The van der Waals surface area contributed by atoms with Gasteiger partial charge in [0.05, 0.1) is 17.6 Å². The zero-order valence-electron chi connectivity index (χ0n) is 13.6. The first-order valence-electron chi connectivity index (χ1n) is 7.25. The van der Waals surface area contributed by atoms with Crippen molar-refractivity contribution in [2.24, 2.45) is 0 Å². The summed E-state index contributed by atoms with van der Waals surface area (Å²) in [6, 6.07) is 0.0580. The second kappa shape index (κ2) is 7.24. The van der Waals surface area contributed by atoms with Crippen LogP contribution in [0.4, 0.5) is 10.6 Å². The number of nitrogens with one attached hydrogen (secondary N) is 1. The molecule has 0 aliphatic rings. The fourth-order valence-corrected chi connectivity index (χ4v) is 1.83. The van der Waals surface area contributed by atoms with Gasteiger partial charge in [-0.15, -0.1) is 0 Å². The first-order valence-corrected chi connectivity index (χ1v) is 7.25. The summed E-state index contributed by atoms with van der Waals surface area (Å²) < 4.78 is 5.22. The number of anilines is 1. The van der Waals surface area contributed by atoms with Gasteiger partial charge in [-0.2, -0.15) is 0 Å². The standard InChI is InChI=1S/C15H26N4O2/c1-10(18-14(20)21-15(3,4)5)7-6-8-12-9-17-13(16)11(2)19-12/h9-10H,6-8H2,1-5H3,(H2,16,17)(H,18,20)/t10-/m0/s1. The first-order chi connectivity index (χ1) is 9.67. The van der Waals surface area contributed by atoms with Crippen molar-refractivity contribution >= 4 is 11.9 Å². The SMILES string of the molecule is Cc1nc(CCC[C@H](C)NC(=O)OC(C)(C)C)cnc1N. The van der Waals surface area contributed by atoms with E-state index >= 15 is 0 Å². The molecule has 0 aromatic carbocycles. The summed E-state index contributed by atoms with van der Waals surface area (Å²) in [7, 11) is 0. The van der Waals surface area contributed by atoms with E-state index in [1.54, 1.807) is 6.20 Å². The van der Waals surface area contributed by atoms with Crippen molar-refractivity contribution in [3.8, 4) is 0 Å². The van der Waals surface area contributed by atoms with E-state index in [-0.39, 0.29) is 12.1 Å². The molecule has 0 spiro atoms. The van der Waals surface area contributed by atoms with Gasteiger partial charge in [0.2, 0.25) is 0 Å². The van der Waals surface area contributed by atoms with E-state index in [2.05, 4.69) is 15.3 Å². The van der Waals surface area contributed by atoms with Gasteiger partial charge in [-0.25, -0.2) is 9.78 Å². The summed E-state index contributed by atoms with van der Waals surface area (Å²) in [6.07, 6.45) is 3.90. The van der Waals surface area contributed by atoms with Gasteiger partial charge >= 0.3 is 6.09 Å². The average Bonchev–Trinajstić information content (AvgIpc) is 2.31. The van der Waals surface area contributed by atoms with Crippen LogP contribution in [-0.2, 0) is 11.2 Å². The molecule has 1 amide bonds. The monoisotopic (exact) mass is 294 g/mol. The lowest BCUT2D eigenvalue weighted by Crippen LogP contribution is -2.37. The number of aryl methyl sites for hydroxylation is 2. The van der Waals surface area contributed by atoms with E-state index in [9.17, 15) is 4.79 Å². The largest absolute Gasteiger partial charge is 0.444 e. The maximum Gasteiger partial charge on any atom is 0.407 e. The van der Waals surface area contributed by atoms with E-state index < -0.39 is 5.60 Å². The Kier molecular flexibility index (Phi) is 5.93. The molecule has 0 saturated heterocycles. The van der Waals surface area contributed by atoms with Crippen LogP contribution in [0.5, 0.6) is 0 Å². The lowest BCUT2D eigenvalue weighted by molar-refractivity contribution is 0.0506.